The molecule has 0 saturated carbocycles. The van der Waals surface area contributed by atoms with Crippen LogP contribution in [0, 0.1) is 0 Å². The Hall–Kier alpha value is -1.64. The molecule has 5 nitrogen and oxygen atoms in total. The molecule has 164 valence electrons. The van der Waals surface area contributed by atoms with Crippen LogP contribution in [0.15, 0.2) is 39.1 Å². The van der Waals surface area contributed by atoms with Gasteiger partial charge >= 0.3 is 0 Å². The van der Waals surface area contributed by atoms with Gasteiger partial charge in [-0.15, -0.1) is 11.3 Å². The van der Waals surface area contributed by atoms with E-state index in [0.29, 0.717) is 15.8 Å². The summed E-state index contributed by atoms with van der Waals surface area (Å²) in [5.41, 5.74) is 2.15. The van der Waals surface area contributed by atoms with E-state index in [2.05, 4.69) is 20.8 Å². The first kappa shape index (κ1) is 21.2. The quantitative estimate of drug-likeness (QED) is 0.512. The first-order valence-electron chi connectivity index (χ1n) is 10.7. The van der Waals surface area contributed by atoms with E-state index in [1.165, 1.54) is 16.6 Å². The van der Waals surface area contributed by atoms with Crippen LogP contribution in [0.3, 0.4) is 0 Å². The number of aromatic nitrogens is 2. The highest BCUT2D eigenvalue weighted by molar-refractivity contribution is 7.99. The number of rotatable bonds is 3. The van der Waals surface area contributed by atoms with Gasteiger partial charge in [-0.2, -0.15) is 0 Å². The highest BCUT2D eigenvalue weighted by Crippen LogP contribution is 2.38. The lowest BCUT2D eigenvalue weighted by Crippen LogP contribution is -2.29. The molecule has 0 saturated heterocycles. The number of nitrogens with zero attached hydrogens (tertiary/aromatic N) is 2. The first-order chi connectivity index (χ1) is 14.6. The molecule has 0 N–H and O–H groups in total. The van der Waals surface area contributed by atoms with Crippen LogP contribution in [-0.2, 0) is 28.1 Å². The van der Waals surface area contributed by atoms with Crippen molar-refractivity contribution in [3.8, 4) is 0 Å². The van der Waals surface area contributed by atoms with Gasteiger partial charge in [-0.25, -0.2) is 13.4 Å². The Balaban J connectivity index is 1.50. The van der Waals surface area contributed by atoms with Crippen molar-refractivity contribution < 1.29 is 8.42 Å². The van der Waals surface area contributed by atoms with Gasteiger partial charge in [0.25, 0.3) is 5.56 Å². The van der Waals surface area contributed by atoms with E-state index in [-0.39, 0.29) is 16.7 Å². The lowest BCUT2D eigenvalue weighted by molar-refractivity contribution is 0.531. The fourth-order valence-corrected chi connectivity index (χ4v) is 8.61. The van der Waals surface area contributed by atoms with E-state index < -0.39 is 15.9 Å². The van der Waals surface area contributed by atoms with Gasteiger partial charge in [0.1, 0.15) is 4.83 Å². The lowest BCUT2D eigenvalue weighted by Gasteiger charge is -2.19. The number of hydrogen-bond donors (Lipinski definition) is 0. The van der Waals surface area contributed by atoms with Gasteiger partial charge < -0.3 is 0 Å². The van der Waals surface area contributed by atoms with Crippen LogP contribution in [0.5, 0.6) is 0 Å². The second-order valence-electron chi connectivity index (χ2n) is 9.48. The second-order valence-corrected chi connectivity index (χ2v) is 13.6. The van der Waals surface area contributed by atoms with E-state index >= 15 is 0 Å². The molecule has 5 rings (SSSR count). The molecule has 0 radical (unpaired) electrons. The summed E-state index contributed by atoms with van der Waals surface area (Å²) < 4.78 is 28.0. The fourth-order valence-electron chi connectivity index (χ4n) is 4.50. The van der Waals surface area contributed by atoms with Gasteiger partial charge in [0.15, 0.2) is 15.0 Å². The third kappa shape index (κ3) is 3.66. The topological polar surface area (TPSA) is 69.0 Å². The van der Waals surface area contributed by atoms with Crippen LogP contribution < -0.4 is 5.56 Å². The number of thiophene rings is 1. The maximum absolute atomic E-state index is 13.5. The molecule has 0 bridgehead atoms. The molecule has 0 spiro atoms. The largest absolute Gasteiger partial charge is 0.282 e. The maximum atomic E-state index is 13.5. The van der Waals surface area contributed by atoms with Crippen LogP contribution in [0.25, 0.3) is 10.2 Å². The van der Waals surface area contributed by atoms with Gasteiger partial charge in [0.05, 0.1) is 22.1 Å². The minimum atomic E-state index is -3.52. The molecule has 1 aliphatic heterocycles. The Morgan fingerprint density at radius 1 is 1.13 bits per heavy atom. The number of thioether (sulfide) groups is 1. The molecule has 31 heavy (non-hydrogen) atoms. The summed E-state index contributed by atoms with van der Waals surface area (Å²) in [4.78, 5) is 20.6. The lowest BCUT2D eigenvalue weighted by atomic mass is 9.87. The molecular weight excluding hydrogens is 448 g/mol. The van der Waals surface area contributed by atoms with Gasteiger partial charge in [-0.05, 0) is 54.4 Å². The second kappa shape index (κ2) is 7.46. The van der Waals surface area contributed by atoms with Gasteiger partial charge in [-0.1, -0.05) is 44.7 Å². The summed E-state index contributed by atoms with van der Waals surface area (Å²) >= 11 is 3.13. The van der Waals surface area contributed by atoms with E-state index in [1.807, 2.05) is 12.1 Å². The molecule has 8 heteroatoms. The molecule has 3 aromatic rings. The zero-order valence-corrected chi connectivity index (χ0v) is 20.4. The molecule has 0 amide bonds. The molecule has 1 atom stereocenters. The van der Waals surface area contributed by atoms with Crippen molar-refractivity contribution in [3.63, 3.8) is 0 Å². The summed E-state index contributed by atoms with van der Waals surface area (Å²) in [5.74, 6) is 0.474. The number of sulfone groups is 1. The third-order valence-corrected chi connectivity index (χ3v) is 10.3. The van der Waals surface area contributed by atoms with E-state index in [4.69, 9.17) is 4.98 Å². The monoisotopic (exact) mass is 474 g/mol. The van der Waals surface area contributed by atoms with Crippen LogP contribution in [-0.4, -0.2) is 29.5 Å². The number of fused-ring (bicyclic) bond motifs is 4. The summed E-state index contributed by atoms with van der Waals surface area (Å²) in [6, 6.07) is 6.77. The Morgan fingerprint density at radius 3 is 2.55 bits per heavy atom. The van der Waals surface area contributed by atoms with Crippen molar-refractivity contribution in [2.45, 2.75) is 68.0 Å². The number of benzene rings is 1. The van der Waals surface area contributed by atoms with Gasteiger partial charge in [-0.3, -0.25) is 9.36 Å². The Morgan fingerprint density at radius 2 is 1.84 bits per heavy atom. The Kier molecular flexibility index (Phi) is 5.10. The minimum absolute atomic E-state index is 0.0344. The normalized spacial score (nSPS) is 18.9. The zero-order chi connectivity index (χ0) is 22.0. The number of hydrogen-bond acceptors (Lipinski definition) is 6. The van der Waals surface area contributed by atoms with Crippen molar-refractivity contribution in [3.05, 3.63) is 50.6 Å². The standard InChI is InChI=1S/C23H26N2O3S3/c1-23(2,3)14-8-10-16(11-9-14)31(27,28)13-15-12-29-22-24-20-19(21(26)25(15)22)17-6-4-5-7-18(17)30-20/h8-11,15H,4-7,12-13H2,1-3H3. The molecule has 3 heterocycles. The van der Waals surface area contributed by atoms with E-state index in [0.717, 1.165) is 47.0 Å². The highest BCUT2D eigenvalue weighted by Gasteiger charge is 2.33. The summed E-state index contributed by atoms with van der Waals surface area (Å²) in [7, 11) is -3.52. The first-order valence-corrected chi connectivity index (χ1v) is 14.1. The van der Waals surface area contributed by atoms with Gasteiger partial charge in [0.2, 0.25) is 0 Å². The zero-order valence-electron chi connectivity index (χ0n) is 18.0. The average molecular weight is 475 g/mol. The molecule has 2 aliphatic rings. The van der Waals surface area contributed by atoms with Crippen molar-refractivity contribution in [2.75, 3.05) is 11.5 Å². The Bertz CT molecular complexity index is 1330. The molecule has 2 aromatic heterocycles. The van der Waals surface area contributed by atoms with E-state index in [1.54, 1.807) is 28.0 Å². The Labute approximate surface area is 190 Å². The van der Waals surface area contributed by atoms with Crippen molar-refractivity contribution >= 4 is 43.2 Å². The SMILES string of the molecule is CC(C)(C)c1ccc(S(=O)(=O)CC2CSc3nc4sc5c(c4c(=O)n32)CCCC5)cc1. The summed E-state index contributed by atoms with van der Waals surface area (Å²) in [5, 5.41) is 1.38. The van der Waals surface area contributed by atoms with Crippen molar-refractivity contribution in [1.82, 2.24) is 9.55 Å². The molecule has 0 fully saturated rings. The van der Waals surface area contributed by atoms with Crippen LogP contribution in [0.4, 0.5) is 0 Å². The molecular formula is C23H26N2O3S3. The van der Waals surface area contributed by atoms with E-state index in [9.17, 15) is 13.2 Å². The van der Waals surface area contributed by atoms with Gasteiger partial charge in [0, 0.05) is 10.6 Å². The fraction of sp³-hybridized carbons (Fsp3) is 0.478. The van der Waals surface area contributed by atoms with Crippen molar-refractivity contribution in [1.29, 1.82) is 0 Å². The molecule has 1 aliphatic carbocycles. The van der Waals surface area contributed by atoms with Crippen LogP contribution >= 0.6 is 23.1 Å². The predicted molar refractivity (Wildman–Crippen MR) is 127 cm³/mol. The predicted octanol–water partition coefficient (Wildman–Crippen LogP) is 4.76. The van der Waals surface area contributed by atoms with Crippen molar-refractivity contribution in [2.24, 2.45) is 0 Å². The smallest absolute Gasteiger partial charge is 0.263 e. The van der Waals surface area contributed by atoms with Crippen LogP contribution in [0.2, 0.25) is 0 Å². The summed E-state index contributed by atoms with van der Waals surface area (Å²) in [6.45, 7) is 6.31. The average Bonchev–Trinajstić information content (AvgIpc) is 3.28. The molecule has 1 aromatic carbocycles. The maximum Gasteiger partial charge on any atom is 0.263 e. The number of aryl methyl sites for hydroxylation is 2. The third-order valence-electron chi connectivity index (χ3n) is 6.25. The summed E-state index contributed by atoms with van der Waals surface area (Å²) in [6.07, 6.45) is 4.18. The van der Waals surface area contributed by atoms with Crippen LogP contribution in [0.1, 0.15) is 55.7 Å². The molecule has 1 unspecified atom stereocenters. The minimum Gasteiger partial charge on any atom is -0.282 e. The highest BCUT2D eigenvalue weighted by atomic mass is 32.2.